The summed E-state index contributed by atoms with van der Waals surface area (Å²) in [5, 5.41) is 0. The fourth-order valence-electron chi connectivity index (χ4n) is 1.38. The summed E-state index contributed by atoms with van der Waals surface area (Å²) >= 11 is 10.5. The van der Waals surface area contributed by atoms with Crippen molar-refractivity contribution in [1.82, 2.24) is 0 Å². The van der Waals surface area contributed by atoms with E-state index in [1.54, 1.807) is 0 Å². The van der Waals surface area contributed by atoms with Crippen LogP contribution in [0.25, 0.3) is 11.1 Å². The minimum absolute atomic E-state index is 1.08. The first kappa shape index (κ1) is 11.4. The molecule has 0 aliphatic rings. The molecular weight excluding hydrogens is 384 g/mol. The first-order valence-corrected chi connectivity index (χ1v) is 6.76. The second kappa shape index (κ2) is 4.81. The standard InChI is InChI=1S/C12H7Br3/c13-9-3-1-2-8(6-9)11-5-4-10(14)7-12(11)15/h1-7H. The Bertz CT molecular complexity index is 492. The third-order valence-corrected chi connectivity index (χ3v) is 3.71. The summed E-state index contributed by atoms with van der Waals surface area (Å²) in [7, 11) is 0. The summed E-state index contributed by atoms with van der Waals surface area (Å²) in [6, 6.07) is 14.4. The largest absolute Gasteiger partial charge is 0.0605 e. The van der Waals surface area contributed by atoms with Crippen LogP contribution in [0, 0.1) is 0 Å². The van der Waals surface area contributed by atoms with Gasteiger partial charge in [-0.1, -0.05) is 66.0 Å². The van der Waals surface area contributed by atoms with Crippen LogP contribution >= 0.6 is 47.8 Å². The highest BCUT2D eigenvalue weighted by Gasteiger charge is 2.03. The molecule has 0 radical (unpaired) electrons. The molecule has 0 saturated heterocycles. The maximum atomic E-state index is 3.56. The van der Waals surface area contributed by atoms with Crippen LogP contribution in [0.2, 0.25) is 0 Å². The second-order valence-corrected chi connectivity index (χ2v) is 5.82. The van der Waals surface area contributed by atoms with Crippen LogP contribution in [-0.2, 0) is 0 Å². The minimum Gasteiger partial charge on any atom is -0.0605 e. The molecule has 0 nitrogen and oxygen atoms in total. The van der Waals surface area contributed by atoms with Crippen LogP contribution in [-0.4, -0.2) is 0 Å². The van der Waals surface area contributed by atoms with Crippen molar-refractivity contribution >= 4 is 47.8 Å². The van der Waals surface area contributed by atoms with Crippen molar-refractivity contribution in [2.24, 2.45) is 0 Å². The zero-order valence-corrected chi connectivity index (χ0v) is 12.4. The van der Waals surface area contributed by atoms with Gasteiger partial charge in [0, 0.05) is 13.4 Å². The first-order valence-electron chi connectivity index (χ1n) is 4.38. The summed E-state index contributed by atoms with van der Waals surface area (Å²) < 4.78 is 3.26. The normalized spacial score (nSPS) is 10.3. The summed E-state index contributed by atoms with van der Waals surface area (Å²) in [6.45, 7) is 0. The van der Waals surface area contributed by atoms with E-state index in [1.165, 1.54) is 11.1 Å². The van der Waals surface area contributed by atoms with E-state index in [9.17, 15) is 0 Å². The zero-order chi connectivity index (χ0) is 10.8. The Balaban J connectivity index is 2.54. The third kappa shape index (κ3) is 2.71. The number of hydrogen-bond acceptors (Lipinski definition) is 0. The van der Waals surface area contributed by atoms with Gasteiger partial charge in [0.25, 0.3) is 0 Å². The van der Waals surface area contributed by atoms with E-state index in [2.05, 4.69) is 72.1 Å². The third-order valence-electron chi connectivity index (χ3n) is 2.07. The SMILES string of the molecule is Brc1cccc(-c2ccc(Br)cc2Br)c1. The van der Waals surface area contributed by atoms with Crippen LogP contribution in [0.15, 0.2) is 55.9 Å². The van der Waals surface area contributed by atoms with Gasteiger partial charge in [-0.05, 0) is 35.4 Å². The van der Waals surface area contributed by atoms with E-state index < -0.39 is 0 Å². The van der Waals surface area contributed by atoms with Crippen LogP contribution in [0.1, 0.15) is 0 Å². The molecule has 0 saturated carbocycles. The highest BCUT2D eigenvalue weighted by molar-refractivity contribution is 9.11. The Morgan fingerprint density at radius 3 is 2.13 bits per heavy atom. The highest BCUT2D eigenvalue weighted by atomic mass is 79.9. The minimum atomic E-state index is 1.08. The predicted octanol–water partition coefficient (Wildman–Crippen LogP) is 5.64. The predicted molar refractivity (Wildman–Crippen MR) is 75.0 cm³/mol. The average Bonchev–Trinajstić information content (AvgIpc) is 2.17. The van der Waals surface area contributed by atoms with Gasteiger partial charge in [-0.15, -0.1) is 0 Å². The number of halogens is 3. The van der Waals surface area contributed by atoms with Gasteiger partial charge in [0.05, 0.1) is 0 Å². The molecule has 2 rings (SSSR count). The number of hydrogen-bond donors (Lipinski definition) is 0. The van der Waals surface area contributed by atoms with Gasteiger partial charge in [0.15, 0.2) is 0 Å². The Kier molecular flexibility index (Phi) is 3.65. The van der Waals surface area contributed by atoms with Crippen LogP contribution in [0.5, 0.6) is 0 Å². The Morgan fingerprint density at radius 1 is 0.733 bits per heavy atom. The van der Waals surface area contributed by atoms with Crippen molar-refractivity contribution in [3.05, 3.63) is 55.9 Å². The quantitative estimate of drug-likeness (QED) is 0.591. The van der Waals surface area contributed by atoms with E-state index in [4.69, 9.17) is 0 Å². The van der Waals surface area contributed by atoms with E-state index in [1.807, 2.05) is 18.2 Å². The number of benzene rings is 2. The topological polar surface area (TPSA) is 0 Å². The molecule has 0 aliphatic carbocycles. The number of rotatable bonds is 1. The highest BCUT2D eigenvalue weighted by Crippen LogP contribution is 2.31. The lowest BCUT2D eigenvalue weighted by Crippen LogP contribution is -1.79. The van der Waals surface area contributed by atoms with Gasteiger partial charge >= 0.3 is 0 Å². The molecule has 76 valence electrons. The summed E-state index contributed by atoms with van der Waals surface area (Å²) in [6.07, 6.45) is 0. The van der Waals surface area contributed by atoms with Crippen molar-refractivity contribution in [3.63, 3.8) is 0 Å². The molecule has 3 heteroatoms. The summed E-state index contributed by atoms with van der Waals surface area (Å²) in [5.74, 6) is 0. The van der Waals surface area contributed by atoms with Crippen molar-refractivity contribution in [2.75, 3.05) is 0 Å². The summed E-state index contributed by atoms with van der Waals surface area (Å²) in [5.41, 5.74) is 2.39. The molecule has 2 aromatic carbocycles. The van der Waals surface area contributed by atoms with Gasteiger partial charge in [0.2, 0.25) is 0 Å². The molecule has 0 unspecified atom stereocenters. The van der Waals surface area contributed by atoms with Crippen LogP contribution in [0.4, 0.5) is 0 Å². The molecule has 0 amide bonds. The molecule has 0 N–H and O–H groups in total. The first-order chi connectivity index (χ1) is 7.16. The Morgan fingerprint density at radius 2 is 1.47 bits per heavy atom. The maximum absolute atomic E-state index is 3.56. The Labute approximate surface area is 114 Å². The van der Waals surface area contributed by atoms with Crippen LogP contribution < -0.4 is 0 Å². The fraction of sp³-hybridized carbons (Fsp3) is 0. The van der Waals surface area contributed by atoms with Crippen molar-refractivity contribution < 1.29 is 0 Å². The molecule has 0 spiro atoms. The van der Waals surface area contributed by atoms with Gasteiger partial charge in [-0.25, -0.2) is 0 Å². The van der Waals surface area contributed by atoms with Crippen molar-refractivity contribution in [1.29, 1.82) is 0 Å². The molecule has 0 atom stereocenters. The maximum Gasteiger partial charge on any atom is 0.0264 e. The lowest BCUT2D eigenvalue weighted by Gasteiger charge is -2.05. The van der Waals surface area contributed by atoms with Gasteiger partial charge < -0.3 is 0 Å². The monoisotopic (exact) mass is 388 g/mol. The van der Waals surface area contributed by atoms with E-state index in [-0.39, 0.29) is 0 Å². The molecule has 0 bridgehead atoms. The van der Waals surface area contributed by atoms with Crippen molar-refractivity contribution in [3.8, 4) is 11.1 Å². The Hall–Kier alpha value is -0.120. The molecule has 0 aliphatic heterocycles. The van der Waals surface area contributed by atoms with E-state index >= 15 is 0 Å². The summed E-state index contributed by atoms with van der Waals surface area (Å²) in [4.78, 5) is 0. The molecule has 0 heterocycles. The zero-order valence-electron chi connectivity index (χ0n) is 7.68. The fourth-order valence-corrected chi connectivity index (χ4v) is 3.05. The molecule has 15 heavy (non-hydrogen) atoms. The molecular formula is C12H7Br3. The molecule has 2 aromatic rings. The second-order valence-electron chi connectivity index (χ2n) is 3.13. The smallest absolute Gasteiger partial charge is 0.0264 e. The average molecular weight is 391 g/mol. The molecule has 0 fully saturated rings. The van der Waals surface area contributed by atoms with Crippen molar-refractivity contribution in [2.45, 2.75) is 0 Å². The lowest BCUT2D eigenvalue weighted by atomic mass is 10.1. The van der Waals surface area contributed by atoms with E-state index in [0.717, 1.165) is 13.4 Å². The van der Waals surface area contributed by atoms with Gasteiger partial charge in [-0.3, -0.25) is 0 Å². The van der Waals surface area contributed by atoms with E-state index in [0.29, 0.717) is 0 Å². The van der Waals surface area contributed by atoms with Gasteiger partial charge in [0.1, 0.15) is 0 Å². The van der Waals surface area contributed by atoms with Crippen LogP contribution in [0.3, 0.4) is 0 Å². The lowest BCUT2D eigenvalue weighted by molar-refractivity contribution is 1.54. The van der Waals surface area contributed by atoms with Gasteiger partial charge in [-0.2, -0.15) is 0 Å². The molecule has 0 aromatic heterocycles.